The molecule has 1 aliphatic heterocycles. The number of hydrogen-bond acceptors (Lipinski definition) is 7. The van der Waals surface area contributed by atoms with Gasteiger partial charge in [-0.2, -0.15) is 0 Å². The summed E-state index contributed by atoms with van der Waals surface area (Å²) in [6, 6.07) is 18.7. The van der Waals surface area contributed by atoms with Gasteiger partial charge in [0.05, 0.1) is 26.0 Å². The lowest BCUT2D eigenvalue weighted by molar-refractivity contribution is -0.132. The highest BCUT2D eigenvalue weighted by Crippen LogP contribution is 2.32. The SMILES string of the molecule is CCNC(=O)N(CC(=O)N1CCCN(c2ccc(-c3ccc(OC)cc3OC)nn2)CC1)[C@@H](C)c1ccccc1. The van der Waals surface area contributed by atoms with Crippen LogP contribution in [-0.2, 0) is 4.79 Å². The molecule has 2 aromatic carbocycles. The van der Waals surface area contributed by atoms with Crippen molar-refractivity contribution in [3.63, 3.8) is 0 Å². The van der Waals surface area contributed by atoms with Crippen LogP contribution in [0.4, 0.5) is 10.6 Å². The van der Waals surface area contributed by atoms with Crippen LogP contribution >= 0.6 is 0 Å². The predicted molar refractivity (Wildman–Crippen MR) is 155 cm³/mol. The van der Waals surface area contributed by atoms with Crippen LogP contribution in [0.2, 0.25) is 0 Å². The first-order chi connectivity index (χ1) is 19.4. The van der Waals surface area contributed by atoms with Crippen molar-refractivity contribution in [1.82, 2.24) is 25.3 Å². The zero-order chi connectivity index (χ0) is 28.5. The van der Waals surface area contributed by atoms with E-state index in [0.717, 1.165) is 29.9 Å². The Balaban J connectivity index is 1.41. The summed E-state index contributed by atoms with van der Waals surface area (Å²) in [6.07, 6.45) is 0.789. The zero-order valence-electron chi connectivity index (χ0n) is 23.7. The number of hydrogen-bond donors (Lipinski definition) is 1. The molecule has 1 aliphatic rings. The third kappa shape index (κ3) is 6.80. The molecule has 10 nitrogen and oxygen atoms in total. The van der Waals surface area contributed by atoms with Crippen molar-refractivity contribution in [3.05, 3.63) is 66.2 Å². The van der Waals surface area contributed by atoms with Gasteiger partial charge in [0.25, 0.3) is 0 Å². The first-order valence-corrected chi connectivity index (χ1v) is 13.6. The summed E-state index contributed by atoms with van der Waals surface area (Å²) in [7, 11) is 3.23. The standard InChI is InChI=1S/C30H38N6O4/c1-5-31-30(38)36(22(2)23-10-7-6-8-11-23)21-29(37)35-17-9-16-34(18-19-35)28-15-14-26(32-33-28)25-13-12-24(39-3)20-27(25)40-4/h6-8,10-15,20,22H,5,9,16-19,21H2,1-4H3,(H,31,38)/t22-/m0/s1. The Bertz CT molecular complexity index is 1270. The molecule has 0 bridgehead atoms. The van der Waals surface area contributed by atoms with Crippen molar-refractivity contribution in [1.29, 1.82) is 0 Å². The van der Waals surface area contributed by atoms with Gasteiger partial charge in [0.1, 0.15) is 18.0 Å². The molecule has 1 atom stereocenters. The lowest BCUT2D eigenvalue weighted by Crippen LogP contribution is -2.48. The van der Waals surface area contributed by atoms with E-state index in [1.165, 1.54) is 0 Å². The van der Waals surface area contributed by atoms with Gasteiger partial charge >= 0.3 is 6.03 Å². The minimum absolute atomic E-state index is 0.0140. The third-order valence-electron chi connectivity index (χ3n) is 7.15. The minimum atomic E-state index is -0.243. The van der Waals surface area contributed by atoms with Crippen molar-refractivity contribution in [3.8, 4) is 22.8 Å². The molecule has 1 fully saturated rings. The normalized spacial score (nSPS) is 14.2. The Kier molecular flexibility index (Phi) is 9.77. The number of amides is 3. The summed E-state index contributed by atoms with van der Waals surface area (Å²) >= 11 is 0. The van der Waals surface area contributed by atoms with E-state index in [1.807, 2.05) is 79.4 Å². The molecule has 4 rings (SSSR count). The molecule has 2 heterocycles. The quantitative estimate of drug-likeness (QED) is 0.433. The number of carbonyl (C=O) groups excluding carboxylic acids is 2. The van der Waals surface area contributed by atoms with Crippen molar-refractivity contribution < 1.29 is 19.1 Å². The number of ether oxygens (including phenoxy) is 2. The summed E-state index contributed by atoms with van der Waals surface area (Å²) in [5.74, 6) is 2.06. The topological polar surface area (TPSA) is 100 Å². The summed E-state index contributed by atoms with van der Waals surface area (Å²) in [5, 5.41) is 11.8. The highest BCUT2D eigenvalue weighted by molar-refractivity contribution is 5.84. The van der Waals surface area contributed by atoms with Crippen LogP contribution < -0.4 is 19.7 Å². The highest BCUT2D eigenvalue weighted by Gasteiger charge is 2.27. The van der Waals surface area contributed by atoms with E-state index in [2.05, 4.69) is 20.4 Å². The second kappa shape index (κ2) is 13.6. The van der Waals surface area contributed by atoms with Gasteiger partial charge in [0, 0.05) is 44.4 Å². The lowest BCUT2D eigenvalue weighted by atomic mass is 10.1. The number of benzene rings is 2. The molecule has 10 heteroatoms. The number of urea groups is 1. The van der Waals surface area contributed by atoms with Crippen molar-refractivity contribution in [2.75, 3.05) is 58.4 Å². The van der Waals surface area contributed by atoms with Gasteiger partial charge < -0.3 is 29.5 Å². The second-order valence-electron chi connectivity index (χ2n) is 9.61. The van der Waals surface area contributed by atoms with E-state index in [-0.39, 0.29) is 24.5 Å². The van der Waals surface area contributed by atoms with Crippen molar-refractivity contribution in [2.45, 2.75) is 26.3 Å². The predicted octanol–water partition coefficient (Wildman–Crippen LogP) is 3.99. The van der Waals surface area contributed by atoms with E-state index in [4.69, 9.17) is 9.47 Å². The molecule has 212 valence electrons. The molecule has 0 unspecified atom stereocenters. The third-order valence-corrected chi connectivity index (χ3v) is 7.15. The van der Waals surface area contributed by atoms with Crippen molar-refractivity contribution in [2.24, 2.45) is 0 Å². The van der Waals surface area contributed by atoms with E-state index in [1.54, 1.807) is 19.1 Å². The number of rotatable bonds is 9. The largest absolute Gasteiger partial charge is 0.497 e. The average Bonchev–Trinajstić information content (AvgIpc) is 3.26. The summed E-state index contributed by atoms with van der Waals surface area (Å²) in [6.45, 7) is 6.87. The maximum Gasteiger partial charge on any atom is 0.318 e. The van der Waals surface area contributed by atoms with E-state index >= 15 is 0 Å². The van der Waals surface area contributed by atoms with E-state index < -0.39 is 0 Å². The molecule has 3 aromatic rings. The van der Waals surface area contributed by atoms with Gasteiger partial charge in [-0.3, -0.25) is 4.79 Å². The fourth-order valence-electron chi connectivity index (χ4n) is 4.84. The fourth-order valence-corrected chi connectivity index (χ4v) is 4.84. The number of nitrogens with zero attached hydrogens (tertiary/aromatic N) is 5. The maximum atomic E-state index is 13.4. The molecular formula is C30H38N6O4. The Morgan fingerprint density at radius 2 is 1.77 bits per heavy atom. The molecule has 1 N–H and O–H groups in total. The monoisotopic (exact) mass is 546 g/mol. The molecular weight excluding hydrogens is 508 g/mol. The summed E-state index contributed by atoms with van der Waals surface area (Å²) < 4.78 is 10.8. The first kappa shape index (κ1) is 28.7. The number of carbonyl (C=O) groups is 2. The Morgan fingerprint density at radius 1 is 0.975 bits per heavy atom. The smallest absolute Gasteiger partial charge is 0.318 e. The van der Waals surface area contributed by atoms with Crippen LogP contribution in [0.25, 0.3) is 11.3 Å². The Labute approximate surface area is 235 Å². The van der Waals surface area contributed by atoms with Gasteiger partial charge in [-0.25, -0.2) is 4.79 Å². The van der Waals surface area contributed by atoms with Crippen LogP contribution in [0.15, 0.2) is 60.7 Å². The Hall–Kier alpha value is -4.34. The van der Waals surface area contributed by atoms with Crippen LogP contribution in [0, 0.1) is 0 Å². The van der Waals surface area contributed by atoms with Gasteiger partial charge in [-0.05, 0) is 50.1 Å². The van der Waals surface area contributed by atoms with Gasteiger partial charge in [0.2, 0.25) is 5.91 Å². The molecule has 0 aliphatic carbocycles. The number of nitrogens with one attached hydrogen (secondary N) is 1. The molecule has 1 aromatic heterocycles. The highest BCUT2D eigenvalue weighted by atomic mass is 16.5. The van der Waals surface area contributed by atoms with Crippen molar-refractivity contribution >= 4 is 17.8 Å². The fraction of sp³-hybridized carbons (Fsp3) is 0.400. The number of aromatic nitrogens is 2. The summed E-state index contributed by atoms with van der Waals surface area (Å²) in [4.78, 5) is 31.9. The van der Waals surface area contributed by atoms with Gasteiger partial charge in [-0.15, -0.1) is 10.2 Å². The molecule has 3 amide bonds. The van der Waals surface area contributed by atoms with Crippen LogP contribution in [0.5, 0.6) is 11.5 Å². The average molecular weight is 547 g/mol. The first-order valence-electron chi connectivity index (χ1n) is 13.6. The van der Waals surface area contributed by atoms with Gasteiger partial charge in [0.15, 0.2) is 5.82 Å². The lowest BCUT2D eigenvalue weighted by Gasteiger charge is -2.31. The number of anilines is 1. The molecule has 1 saturated heterocycles. The minimum Gasteiger partial charge on any atom is -0.497 e. The van der Waals surface area contributed by atoms with E-state index in [9.17, 15) is 9.59 Å². The summed E-state index contributed by atoms with van der Waals surface area (Å²) in [5.41, 5.74) is 2.52. The number of methoxy groups -OCH3 is 2. The van der Waals surface area contributed by atoms with Crippen LogP contribution in [0.3, 0.4) is 0 Å². The molecule has 0 radical (unpaired) electrons. The van der Waals surface area contributed by atoms with Gasteiger partial charge in [-0.1, -0.05) is 30.3 Å². The molecule has 40 heavy (non-hydrogen) atoms. The maximum absolute atomic E-state index is 13.4. The van der Waals surface area contributed by atoms with Crippen LogP contribution in [0.1, 0.15) is 31.9 Å². The zero-order valence-corrected chi connectivity index (χ0v) is 23.7. The van der Waals surface area contributed by atoms with E-state index in [0.29, 0.717) is 43.4 Å². The van der Waals surface area contributed by atoms with Crippen LogP contribution in [-0.4, -0.2) is 85.4 Å². The second-order valence-corrected chi connectivity index (χ2v) is 9.61. The molecule has 0 spiro atoms. The Morgan fingerprint density at radius 3 is 2.45 bits per heavy atom. The molecule has 0 saturated carbocycles.